The summed E-state index contributed by atoms with van der Waals surface area (Å²) in [5, 5.41) is 10.0. The number of benzene rings is 1. The van der Waals surface area contributed by atoms with E-state index in [0.717, 1.165) is 46.3 Å². The van der Waals surface area contributed by atoms with Crippen LogP contribution in [-0.2, 0) is 0 Å². The SMILES string of the molecule is Fc1ccc(-c2nc3c(C4=NCCN4)ccc(-c4cccs4)n3n2)cc1. The highest BCUT2D eigenvalue weighted by Gasteiger charge is 2.19. The summed E-state index contributed by atoms with van der Waals surface area (Å²) < 4.78 is 15.1. The van der Waals surface area contributed by atoms with Crippen LogP contribution in [0.25, 0.3) is 27.6 Å². The lowest BCUT2D eigenvalue weighted by molar-refractivity contribution is 0.628. The molecule has 3 aromatic heterocycles. The number of hydrogen-bond donors (Lipinski definition) is 1. The van der Waals surface area contributed by atoms with Crippen LogP contribution in [0.15, 0.2) is 58.9 Å². The number of nitrogens with zero attached hydrogens (tertiary/aromatic N) is 4. The number of aliphatic imine (C=N–C) groups is 1. The number of aromatic nitrogens is 3. The normalized spacial score (nSPS) is 13.8. The number of pyridine rings is 1. The van der Waals surface area contributed by atoms with Crippen molar-refractivity contribution in [1.82, 2.24) is 19.9 Å². The van der Waals surface area contributed by atoms with Gasteiger partial charge in [0.2, 0.25) is 0 Å². The zero-order valence-corrected chi connectivity index (χ0v) is 14.5. The number of amidine groups is 1. The van der Waals surface area contributed by atoms with E-state index in [1.165, 1.54) is 12.1 Å². The first kappa shape index (κ1) is 15.2. The lowest BCUT2D eigenvalue weighted by atomic mass is 10.2. The van der Waals surface area contributed by atoms with E-state index in [-0.39, 0.29) is 5.82 Å². The first-order valence-electron chi connectivity index (χ1n) is 8.28. The lowest BCUT2D eigenvalue weighted by Crippen LogP contribution is -2.20. The Kier molecular flexibility index (Phi) is 3.53. The van der Waals surface area contributed by atoms with Gasteiger partial charge in [-0.1, -0.05) is 6.07 Å². The van der Waals surface area contributed by atoms with Crippen LogP contribution >= 0.6 is 11.3 Å². The first-order chi connectivity index (χ1) is 12.8. The molecule has 1 N–H and O–H groups in total. The van der Waals surface area contributed by atoms with E-state index < -0.39 is 0 Å². The van der Waals surface area contributed by atoms with Gasteiger partial charge in [0.1, 0.15) is 11.7 Å². The third-order valence-electron chi connectivity index (χ3n) is 4.29. The van der Waals surface area contributed by atoms with Crippen molar-refractivity contribution in [2.45, 2.75) is 0 Å². The summed E-state index contributed by atoms with van der Waals surface area (Å²) >= 11 is 1.65. The molecule has 4 aromatic rings. The molecule has 0 atom stereocenters. The van der Waals surface area contributed by atoms with Crippen molar-refractivity contribution in [3.05, 3.63) is 65.3 Å². The van der Waals surface area contributed by atoms with Crippen molar-refractivity contribution >= 4 is 22.8 Å². The van der Waals surface area contributed by atoms with Crippen molar-refractivity contribution in [2.24, 2.45) is 4.99 Å². The number of nitrogens with one attached hydrogen (secondary N) is 1. The molecule has 0 saturated heterocycles. The molecule has 1 aliphatic heterocycles. The molecule has 0 bridgehead atoms. The molecular formula is C19H14FN5S. The topological polar surface area (TPSA) is 54.6 Å². The van der Waals surface area contributed by atoms with Gasteiger partial charge in [0.25, 0.3) is 0 Å². The summed E-state index contributed by atoms with van der Waals surface area (Å²) in [6, 6.07) is 14.4. The van der Waals surface area contributed by atoms with E-state index in [1.807, 2.05) is 28.1 Å². The van der Waals surface area contributed by atoms with Gasteiger partial charge in [-0.25, -0.2) is 13.9 Å². The van der Waals surface area contributed by atoms with Crippen molar-refractivity contribution in [1.29, 1.82) is 0 Å². The van der Waals surface area contributed by atoms with Gasteiger partial charge in [-0.2, -0.15) is 0 Å². The van der Waals surface area contributed by atoms with Crippen LogP contribution < -0.4 is 5.32 Å². The van der Waals surface area contributed by atoms with Crippen LogP contribution in [-0.4, -0.2) is 33.5 Å². The Morgan fingerprint density at radius 1 is 1.08 bits per heavy atom. The Morgan fingerprint density at radius 3 is 2.69 bits per heavy atom. The minimum atomic E-state index is -0.276. The monoisotopic (exact) mass is 363 g/mol. The van der Waals surface area contributed by atoms with Gasteiger partial charge in [0.05, 0.1) is 22.7 Å². The van der Waals surface area contributed by atoms with Gasteiger partial charge in [-0.15, -0.1) is 16.4 Å². The minimum Gasteiger partial charge on any atom is -0.368 e. The standard InChI is InChI=1S/C19H14FN5S/c20-13-5-3-12(4-6-13)17-23-19-14(18-21-9-10-22-18)7-8-15(25(19)24-17)16-2-1-11-26-16/h1-8,11H,9-10H2,(H,21,22). The largest absolute Gasteiger partial charge is 0.368 e. The number of fused-ring (bicyclic) bond motifs is 1. The summed E-state index contributed by atoms with van der Waals surface area (Å²) in [6.45, 7) is 1.58. The molecule has 26 heavy (non-hydrogen) atoms. The number of thiophene rings is 1. The second-order valence-corrected chi connectivity index (χ2v) is 6.89. The van der Waals surface area contributed by atoms with E-state index in [0.29, 0.717) is 5.82 Å². The summed E-state index contributed by atoms with van der Waals surface area (Å²) in [5.74, 6) is 1.13. The third kappa shape index (κ3) is 2.48. The molecule has 4 heterocycles. The highest BCUT2D eigenvalue weighted by Crippen LogP contribution is 2.28. The number of halogens is 1. The Hall–Kier alpha value is -3.06. The molecule has 5 rings (SSSR count). The van der Waals surface area contributed by atoms with Crippen molar-refractivity contribution in [3.63, 3.8) is 0 Å². The Bertz CT molecular complexity index is 1110. The smallest absolute Gasteiger partial charge is 0.182 e. The molecule has 1 aromatic carbocycles. The average molecular weight is 363 g/mol. The molecule has 128 valence electrons. The van der Waals surface area contributed by atoms with E-state index >= 15 is 0 Å². The van der Waals surface area contributed by atoms with Crippen molar-refractivity contribution < 1.29 is 4.39 Å². The molecular weight excluding hydrogens is 349 g/mol. The quantitative estimate of drug-likeness (QED) is 0.605. The first-order valence-corrected chi connectivity index (χ1v) is 9.16. The summed E-state index contributed by atoms with van der Waals surface area (Å²) in [7, 11) is 0. The van der Waals surface area contributed by atoms with Gasteiger partial charge < -0.3 is 5.32 Å². The van der Waals surface area contributed by atoms with Crippen LogP contribution in [0.5, 0.6) is 0 Å². The maximum Gasteiger partial charge on any atom is 0.182 e. The van der Waals surface area contributed by atoms with E-state index in [1.54, 1.807) is 23.5 Å². The van der Waals surface area contributed by atoms with Crippen molar-refractivity contribution in [2.75, 3.05) is 13.1 Å². The molecule has 0 spiro atoms. The van der Waals surface area contributed by atoms with Gasteiger partial charge in [0.15, 0.2) is 11.5 Å². The molecule has 0 unspecified atom stereocenters. The van der Waals surface area contributed by atoms with E-state index in [9.17, 15) is 4.39 Å². The highest BCUT2D eigenvalue weighted by atomic mass is 32.1. The van der Waals surface area contributed by atoms with E-state index in [4.69, 9.17) is 10.1 Å². The zero-order chi connectivity index (χ0) is 17.5. The predicted molar refractivity (Wildman–Crippen MR) is 101 cm³/mol. The summed E-state index contributed by atoms with van der Waals surface area (Å²) in [5.41, 5.74) is 3.41. The highest BCUT2D eigenvalue weighted by molar-refractivity contribution is 7.13. The fourth-order valence-corrected chi connectivity index (χ4v) is 3.79. The Balaban J connectivity index is 1.75. The summed E-state index contributed by atoms with van der Waals surface area (Å²) in [6.07, 6.45) is 0. The maximum atomic E-state index is 13.3. The molecule has 0 saturated carbocycles. The second-order valence-electron chi connectivity index (χ2n) is 5.94. The molecule has 0 amide bonds. The van der Waals surface area contributed by atoms with Crippen LogP contribution in [0.2, 0.25) is 0 Å². The fourth-order valence-electron chi connectivity index (χ4n) is 3.06. The second kappa shape index (κ2) is 6.03. The van der Waals surface area contributed by atoms with Gasteiger partial charge in [-0.05, 0) is 47.8 Å². The average Bonchev–Trinajstić information content (AvgIpc) is 3.41. The Labute approximate surface area is 152 Å². The molecule has 1 aliphatic rings. The predicted octanol–water partition coefficient (Wildman–Crippen LogP) is 3.61. The van der Waals surface area contributed by atoms with Gasteiger partial charge in [-0.3, -0.25) is 4.99 Å². The summed E-state index contributed by atoms with van der Waals surface area (Å²) in [4.78, 5) is 10.4. The Morgan fingerprint density at radius 2 is 1.96 bits per heavy atom. The maximum absolute atomic E-state index is 13.3. The lowest BCUT2D eigenvalue weighted by Gasteiger charge is -2.07. The molecule has 0 aliphatic carbocycles. The van der Waals surface area contributed by atoms with Gasteiger partial charge >= 0.3 is 0 Å². The number of rotatable bonds is 3. The third-order valence-corrected chi connectivity index (χ3v) is 5.18. The van der Waals surface area contributed by atoms with Crippen LogP contribution in [0.4, 0.5) is 4.39 Å². The van der Waals surface area contributed by atoms with Gasteiger partial charge in [0, 0.05) is 12.1 Å². The van der Waals surface area contributed by atoms with Crippen LogP contribution in [0.1, 0.15) is 5.56 Å². The fraction of sp³-hybridized carbons (Fsp3) is 0.105. The van der Waals surface area contributed by atoms with Crippen LogP contribution in [0.3, 0.4) is 0 Å². The molecule has 7 heteroatoms. The number of hydrogen-bond acceptors (Lipinski definition) is 5. The zero-order valence-electron chi connectivity index (χ0n) is 13.7. The molecule has 0 fully saturated rings. The molecule has 5 nitrogen and oxygen atoms in total. The van der Waals surface area contributed by atoms with E-state index in [2.05, 4.69) is 16.4 Å². The van der Waals surface area contributed by atoms with Crippen molar-refractivity contribution in [3.8, 4) is 22.0 Å². The van der Waals surface area contributed by atoms with Crippen LogP contribution in [0, 0.1) is 5.82 Å². The molecule has 0 radical (unpaired) electrons. The minimum absolute atomic E-state index is 0.276.